The number of carboxylic acid groups (broad SMARTS) is 1. The summed E-state index contributed by atoms with van der Waals surface area (Å²) in [6.45, 7) is 4.91. The second kappa shape index (κ2) is 9.75. The maximum Gasteiger partial charge on any atom is 0.312 e. The van der Waals surface area contributed by atoms with Crippen LogP contribution in [0.15, 0.2) is 36.5 Å². The number of hydrogen-bond acceptors (Lipinski definition) is 5. The molecule has 1 amide bonds. The second-order valence-electron chi connectivity index (χ2n) is 8.19. The lowest BCUT2D eigenvalue weighted by Gasteiger charge is -2.48. The highest BCUT2D eigenvalue weighted by atomic mass is 35.5. The van der Waals surface area contributed by atoms with Gasteiger partial charge in [0, 0.05) is 30.4 Å². The Kier molecular flexibility index (Phi) is 7.28. The van der Waals surface area contributed by atoms with Crippen LogP contribution >= 0.6 is 23.2 Å². The van der Waals surface area contributed by atoms with Crippen molar-refractivity contribution >= 4 is 46.6 Å². The third kappa shape index (κ3) is 5.60. The minimum atomic E-state index is -1.14. The highest BCUT2D eigenvalue weighted by molar-refractivity contribution is 6.31. The standard InChI is InChI=1S/C22H26Cl2N4O3/c1-13(2)7-17-11-27(20(29)9-21(30)31)12-19(14-3-5-15(23)6-4-14)28(17)22-18(25)8-16(24)10-26-22/h3-6,8,10,13,17,19H,7,9,11-12,25H2,1-2H3,(H,30,31)/t17-,19-/m0/s1. The summed E-state index contributed by atoms with van der Waals surface area (Å²) in [5.74, 6) is -0.613. The second-order valence-corrected chi connectivity index (χ2v) is 9.07. The van der Waals surface area contributed by atoms with Gasteiger partial charge in [-0.1, -0.05) is 49.2 Å². The molecule has 0 unspecified atom stereocenters. The zero-order chi connectivity index (χ0) is 22.7. The van der Waals surface area contributed by atoms with Gasteiger partial charge < -0.3 is 20.6 Å². The van der Waals surface area contributed by atoms with Gasteiger partial charge in [0.1, 0.15) is 6.42 Å². The minimum Gasteiger partial charge on any atom is -0.481 e. The topological polar surface area (TPSA) is 99.8 Å². The smallest absolute Gasteiger partial charge is 0.312 e. The number of aliphatic carboxylic acids is 1. The highest BCUT2D eigenvalue weighted by Gasteiger charge is 2.39. The Morgan fingerprint density at radius 3 is 2.45 bits per heavy atom. The van der Waals surface area contributed by atoms with Crippen LogP contribution in [0.5, 0.6) is 0 Å². The van der Waals surface area contributed by atoms with E-state index in [1.807, 2.05) is 12.1 Å². The van der Waals surface area contributed by atoms with Crippen molar-refractivity contribution in [3.63, 3.8) is 0 Å². The molecule has 3 rings (SSSR count). The number of nitrogen functional groups attached to an aromatic ring is 1. The minimum absolute atomic E-state index is 0.108. The van der Waals surface area contributed by atoms with Crippen molar-refractivity contribution in [2.75, 3.05) is 23.7 Å². The van der Waals surface area contributed by atoms with Gasteiger partial charge >= 0.3 is 5.97 Å². The van der Waals surface area contributed by atoms with Crippen molar-refractivity contribution in [3.8, 4) is 0 Å². The normalized spacial score (nSPS) is 19.0. The third-order valence-electron chi connectivity index (χ3n) is 5.31. The van der Waals surface area contributed by atoms with Crippen LogP contribution in [0.2, 0.25) is 10.0 Å². The van der Waals surface area contributed by atoms with Crippen molar-refractivity contribution in [1.29, 1.82) is 0 Å². The quantitative estimate of drug-likeness (QED) is 0.619. The number of hydrogen-bond donors (Lipinski definition) is 2. The number of carbonyl (C=O) groups is 2. The molecule has 0 saturated carbocycles. The van der Waals surface area contributed by atoms with Crippen LogP contribution in [0.3, 0.4) is 0 Å². The van der Waals surface area contributed by atoms with E-state index in [0.29, 0.717) is 40.6 Å². The van der Waals surface area contributed by atoms with Gasteiger partial charge in [-0.2, -0.15) is 0 Å². The number of benzene rings is 1. The van der Waals surface area contributed by atoms with Crippen LogP contribution in [-0.2, 0) is 9.59 Å². The van der Waals surface area contributed by atoms with E-state index in [2.05, 4.69) is 23.7 Å². The van der Waals surface area contributed by atoms with Gasteiger partial charge in [-0.25, -0.2) is 4.98 Å². The molecular formula is C22H26Cl2N4O3. The van der Waals surface area contributed by atoms with E-state index < -0.39 is 18.3 Å². The van der Waals surface area contributed by atoms with Gasteiger partial charge in [0.25, 0.3) is 0 Å². The van der Waals surface area contributed by atoms with Crippen molar-refractivity contribution in [3.05, 3.63) is 52.1 Å². The van der Waals surface area contributed by atoms with E-state index in [4.69, 9.17) is 34.0 Å². The summed E-state index contributed by atoms with van der Waals surface area (Å²) >= 11 is 12.2. The number of carboxylic acids is 1. The molecular weight excluding hydrogens is 439 g/mol. The summed E-state index contributed by atoms with van der Waals surface area (Å²) in [5, 5.41) is 10.2. The first kappa shape index (κ1) is 23.2. The molecule has 1 aliphatic heterocycles. The Hall–Kier alpha value is -2.51. The fourth-order valence-electron chi connectivity index (χ4n) is 4.08. The van der Waals surface area contributed by atoms with Crippen molar-refractivity contribution in [2.24, 2.45) is 5.92 Å². The lowest BCUT2D eigenvalue weighted by Crippen LogP contribution is -2.57. The predicted molar refractivity (Wildman–Crippen MR) is 122 cm³/mol. The summed E-state index contributed by atoms with van der Waals surface area (Å²) in [6.07, 6.45) is 1.79. The fourth-order valence-corrected chi connectivity index (χ4v) is 4.37. The van der Waals surface area contributed by atoms with Gasteiger partial charge in [0.15, 0.2) is 5.82 Å². The zero-order valence-electron chi connectivity index (χ0n) is 17.5. The molecule has 7 nitrogen and oxygen atoms in total. The van der Waals surface area contributed by atoms with Crippen molar-refractivity contribution in [1.82, 2.24) is 9.88 Å². The van der Waals surface area contributed by atoms with Crippen molar-refractivity contribution in [2.45, 2.75) is 38.8 Å². The van der Waals surface area contributed by atoms with Crippen LogP contribution in [0, 0.1) is 5.92 Å². The highest BCUT2D eigenvalue weighted by Crippen LogP contribution is 2.38. The number of halogens is 2. The maximum absolute atomic E-state index is 12.7. The molecule has 2 heterocycles. The molecule has 1 aromatic carbocycles. The number of rotatable bonds is 6. The monoisotopic (exact) mass is 464 g/mol. The molecule has 0 aliphatic carbocycles. The van der Waals surface area contributed by atoms with E-state index in [1.165, 1.54) is 0 Å². The average Bonchev–Trinajstić information content (AvgIpc) is 2.68. The molecule has 0 bridgehead atoms. The van der Waals surface area contributed by atoms with Gasteiger partial charge in [0.2, 0.25) is 5.91 Å². The summed E-state index contributed by atoms with van der Waals surface area (Å²) in [7, 11) is 0. The largest absolute Gasteiger partial charge is 0.481 e. The molecule has 9 heteroatoms. The molecule has 0 radical (unpaired) electrons. The Balaban J connectivity index is 2.08. The first-order valence-electron chi connectivity index (χ1n) is 10.1. The Labute approximate surface area is 191 Å². The van der Waals surface area contributed by atoms with E-state index in [1.54, 1.807) is 29.3 Å². The Morgan fingerprint density at radius 1 is 1.19 bits per heavy atom. The Morgan fingerprint density at radius 2 is 1.87 bits per heavy atom. The van der Waals surface area contributed by atoms with E-state index in [-0.39, 0.29) is 12.1 Å². The molecule has 1 aliphatic rings. The number of anilines is 2. The fraction of sp³-hybridized carbons (Fsp3) is 0.409. The molecule has 1 aromatic heterocycles. The van der Waals surface area contributed by atoms with Gasteiger partial charge in [0.05, 0.1) is 16.8 Å². The lowest BCUT2D eigenvalue weighted by atomic mass is 9.93. The van der Waals surface area contributed by atoms with Crippen LogP contribution in [0.25, 0.3) is 0 Å². The predicted octanol–water partition coefficient (Wildman–Crippen LogP) is 4.25. The molecule has 1 fully saturated rings. The van der Waals surface area contributed by atoms with E-state index in [9.17, 15) is 9.59 Å². The summed E-state index contributed by atoms with van der Waals surface area (Å²) < 4.78 is 0. The number of carbonyl (C=O) groups excluding carboxylic acids is 1. The van der Waals surface area contributed by atoms with Crippen LogP contribution in [0.4, 0.5) is 11.5 Å². The molecule has 3 N–H and O–H groups in total. The maximum atomic E-state index is 12.7. The lowest BCUT2D eigenvalue weighted by molar-refractivity contribution is -0.144. The molecule has 31 heavy (non-hydrogen) atoms. The average molecular weight is 465 g/mol. The summed E-state index contributed by atoms with van der Waals surface area (Å²) in [5.41, 5.74) is 7.68. The van der Waals surface area contributed by atoms with Crippen molar-refractivity contribution < 1.29 is 14.7 Å². The van der Waals surface area contributed by atoms with E-state index in [0.717, 1.165) is 12.0 Å². The first-order valence-corrected chi connectivity index (χ1v) is 10.9. The number of piperazine rings is 1. The number of nitrogens with zero attached hydrogens (tertiary/aromatic N) is 3. The molecule has 0 spiro atoms. The van der Waals surface area contributed by atoms with Crippen LogP contribution in [0.1, 0.15) is 38.3 Å². The van der Waals surface area contributed by atoms with Gasteiger partial charge in [-0.15, -0.1) is 0 Å². The molecule has 166 valence electrons. The SMILES string of the molecule is CC(C)C[C@H]1CN(C(=O)CC(=O)O)C[C@@H](c2ccc(Cl)cc2)N1c1ncc(Cl)cc1N. The first-order chi connectivity index (χ1) is 14.7. The van der Waals surface area contributed by atoms with Gasteiger partial charge in [-0.05, 0) is 36.1 Å². The number of amides is 1. The summed E-state index contributed by atoms with van der Waals surface area (Å²) in [6, 6.07) is 8.68. The number of pyridine rings is 1. The van der Waals surface area contributed by atoms with Gasteiger partial charge in [-0.3, -0.25) is 9.59 Å². The molecule has 2 atom stereocenters. The Bertz CT molecular complexity index is 952. The third-order valence-corrected chi connectivity index (χ3v) is 5.77. The van der Waals surface area contributed by atoms with Crippen LogP contribution < -0.4 is 10.6 Å². The summed E-state index contributed by atoms with van der Waals surface area (Å²) in [4.78, 5) is 32.1. The van der Waals surface area contributed by atoms with E-state index >= 15 is 0 Å². The molecule has 1 saturated heterocycles. The van der Waals surface area contributed by atoms with Crippen LogP contribution in [-0.4, -0.2) is 46.0 Å². The number of aromatic nitrogens is 1. The number of nitrogens with two attached hydrogens (primary N) is 1. The molecule has 2 aromatic rings. The zero-order valence-corrected chi connectivity index (χ0v) is 19.0.